The molecule has 0 unspecified atom stereocenters. The van der Waals surface area contributed by atoms with E-state index in [4.69, 9.17) is 22.4 Å². The van der Waals surface area contributed by atoms with Crippen molar-refractivity contribution in [2.45, 2.75) is 38.1 Å². The van der Waals surface area contributed by atoms with E-state index >= 15 is 0 Å². The van der Waals surface area contributed by atoms with Gasteiger partial charge in [-0.25, -0.2) is 13.4 Å². The minimum Gasteiger partial charge on any atom is -0.481 e. The van der Waals surface area contributed by atoms with Crippen LogP contribution in [0.4, 0.5) is 5.13 Å². The molecular weight excluding hydrogens is 438 g/mol. The number of nitrogens with zero attached hydrogens (tertiary/aromatic N) is 1. The Bertz CT molecular complexity index is 1060. The Hall–Kier alpha value is -2.01. The predicted molar refractivity (Wildman–Crippen MR) is 113 cm³/mol. The molecule has 2 aromatic rings. The molecule has 0 aliphatic carbocycles. The molecule has 2 rings (SSSR count). The van der Waals surface area contributed by atoms with Crippen molar-refractivity contribution in [1.82, 2.24) is 4.98 Å². The van der Waals surface area contributed by atoms with Crippen LogP contribution in [0.25, 0.3) is 10.4 Å². The van der Waals surface area contributed by atoms with Crippen LogP contribution in [-0.4, -0.2) is 42.7 Å². The number of carboxylic acids is 1. The van der Waals surface area contributed by atoms with Gasteiger partial charge in [-0.3, -0.25) is 9.59 Å². The highest BCUT2D eigenvalue weighted by molar-refractivity contribution is 7.90. The summed E-state index contributed by atoms with van der Waals surface area (Å²) in [5, 5.41) is 12.0. The van der Waals surface area contributed by atoms with Gasteiger partial charge in [0.1, 0.15) is 0 Å². The number of anilines is 1. The minimum atomic E-state index is -3.51. The highest BCUT2D eigenvalue weighted by Crippen LogP contribution is 2.36. The molecule has 1 aromatic heterocycles. The van der Waals surface area contributed by atoms with E-state index in [1.807, 2.05) is 0 Å². The molecule has 0 fully saturated rings. The van der Waals surface area contributed by atoms with E-state index in [9.17, 15) is 18.0 Å². The molecule has 0 saturated carbocycles. The van der Waals surface area contributed by atoms with E-state index in [1.54, 1.807) is 26.8 Å². The Morgan fingerprint density at radius 1 is 1.38 bits per heavy atom. The second kappa shape index (κ2) is 8.39. The van der Waals surface area contributed by atoms with Crippen LogP contribution in [0.2, 0.25) is 5.02 Å². The molecule has 4 N–H and O–H groups in total. The van der Waals surface area contributed by atoms with Gasteiger partial charge in [0.05, 0.1) is 33.0 Å². The Balaban J connectivity index is 2.30. The van der Waals surface area contributed by atoms with E-state index in [0.717, 1.165) is 17.6 Å². The number of sulfone groups is 1. The highest BCUT2D eigenvalue weighted by atomic mass is 35.5. The summed E-state index contributed by atoms with van der Waals surface area (Å²) >= 11 is 7.15. The lowest BCUT2D eigenvalue weighted by atomic mass is 9.81. The van der Waals surface area contributed by atoms with Gasteiger partial charge >= 0.3 is 5.97 Å². The molecule has 0 aliphatic heterocycles. The number of amides is 1. The fourth-order valence-electron chi connectivity index (χ4n) is 2.68. The number of nitrogens with one attached hydrogen (secondary N) is 1. The molecule has 158 valence electrons. The summed E-state index contributed by atoms with van der Waals surface area (Å²) in [6.07, 6.45) is 0.812. The first-order valence-corrected chi connectivity index (χ1v) is 11.6. The molecule has 0 saturated heterocycles. The van der Waals surface area contributed by atoms with Crippen molar-refractivity contribution in [1.29, 1.82) is 0 Å². The first-order valence-electron chi connectivity index (χ1n) is 8.48. The molecule has 8 nitrogen and oxygen atoms in total. The van der Waals surface area contributed by atoms with E-state index in [1.165, 1.54) is 12.1 Å². The summed E-state index contributed by atoms with van der Waals surface area (Å²) in [7, 11) is -3.51. The van der Waals surface area contributed by atoms with Crippen molar-refractivity contribution in [2.75, 3.05) is 11.6 Å². The van der Waals surface area contributed by atoms with Crippen molar-refractivity contribution < 1.29 is 23.1 Å². The lowest BCUT2D eigenvalue weighted by molar-refractivity contribution is -0.139. The molecule has 11 heteroatoms. The summed E-state index contributed by atoms with van der Waals surface area (Å²) in [5.41, 5.74) is 6.19. The Morgan fingerprint density at radius 2 is 2.00 bits per heavy atom. The quantitative estimate of drug-likeness (QED) is 0.578. The van der Waals surface area contributed by atoms with Crippen LogP contribution < -0.4 is 11.1 Å². The van der Waals surface area contributed by atoms with Crippen LogP contribution in [0, 0.1) is 12.3 Å². The van der Waals surface area contributed by atoms with Crippen LogP contribution in [0.3, 0.4) is 0 Å². The van der Waals surface area contributed by atoms with E-state index in [2.05, 4.69) is 10.3 Å². The van der Waals surface area contributed by atoms with Crippen LogP contribution in [0.15, 0.2) is 23.1 Å². The summed E-state index contributed by atoms with van der Waals surface area (Å²) in [5.74, 6) is -1.60. The highest BCUT2D eigenvalue weighted by Gasteiger charge is 2.34. The van der Waals surface area contributed by atoms with E-state index in [-0.39, 0.29) is 21.5 Å². The average Bonchev–Trinajstić information content (AvgIpc) is 2.92. The molecule has 1 aromatic carbocycles. The van der Waals surface area contributed by atoms with Crippen molar-refractivity contribution in [3.05, 3.63) is 28.9 Å². The average molecular weight is 460 g/mol. The minimum absolute atomic E-state index is 0.00694. The topological polar surface area (TPSA) is 139 Å². The maximum atomic E-state index is 12.5. The van der Waals surface area contributed by atoms with Crippen LogP contribution in [-0.2, 0) is 19.4 Å². The van der Waals surface area contributed by atoms with Gasteiger partial charge in [-0.2, -0.15) is 0 Å². The SMILES string of the molecule is Cc1nc(NC(=O)[C@@H](N)C(C)(C)CC(=O)O)sc1-c1ccc(Cl)c(S(C)(=O)=O)c1. The van der Waals surface area contributed by atoms with Gasteiger partial charge in [0.25, 0.3) is 0 Å². The number of hydrogen-bond acceptors (Lipinski definition) is 7. The first kappa shape index (κ1) is 23.3. The lowest BCUT2D eigenvalue weighted by Crippen LogP contribution is -2.47. The number of aryl methyl sites for hydroxylation is 1. The Kier molecular flexibility index (Phi) is 6.73. The van der Waals surface area contributed by atoms with Gasteiger partial charge < -0.3 is 16.2 Å². The molecule has 0 aliphatic rings. The van der Waals surface area contributed by atoms with Gasteiger partial charge in [-0.1, -0.05) is 42.9 Å². The number of benzene rings is 1. The van der Waals surface area contributed by atoms with Crippen LogP contribution >= 0.6 is 22.9 Å². The predicted octanol–water partition coefficient (Wildman–Crippen LogP) is 2.94. The van der Waals surface area contributed by atoms with Gasteiger partial charge in [-0.15, -0.1) is 0 Å². The Morgan fingerprint density at radius 3 is 2.55 bits per heavy atom. The summed E-state index contributed by atoms with van der Waals surface area (Å²) in [6, 6.07) is 3.57. The monoisotopic (exact) mass is 459 g/mol. The maximum absolute atomic E-state index is 12.5. The van der Waals surface area contributed by atoms with E-state index < -0.39 is 33.2 Å². The molecule has 0 spiro atoms. The third-order valence-electron chi connectivity index (χ3n) is 4.35. The zero-order valence-electron chi connectivity index (χ0n) is 16.3. The largest absolute Gasteiger partial charge is 0.481 e. The third kappa shape index (κ3) is 5.53. The smallest absolute Gasteiger partial charge is 0.303 e. The number of halogens is 1. The number of carboxylic acid groups (broad SMARTS) is 1. The van der Waals surface area contributed by atoms with Gasteiger partial charge in [-0.05, 0) is 30.0 Å². The van der Waals surface area contributed by atoms with Crippen molar-refractivity contribution in [3.8, 4) is 10.4 Å². The van der Waals surface area contributed by atoms with Crippen LogP contribution in [0.1, 0.15) is 26.0 Å². The molecule has 1 atom stereocenters. The molecule has 0 radical (unpaired) electrons. The summed E-state index contributed by atoms with van der Waals surface area (Å²) in [6.45, 7) is 4.93. The van der Waals surface area contributed by atoms with Crippen molar-refractivity contribution in [3.63, 3.8) is 0 Å². The lowest BCUT2D eigenvalue weighted by Gasteiger charge is -2.28. The summed E-state index contributed by atoms with van der Waals surface area (Å²) in [4.78, 5) is 28.4. The number of carbonyl (C=O) groups excluding carboxylic acids is 1. The van der Waals surface area contributed by atoms with Gasteiger partial charge in [0.2, 0.25) is 5.91 Å². The van der Waals surface area contributed by atoms with Crippen LogP contribution in [0.5, 0.6) is 0 Å². The molecule has 1 heterocycles. The number of aromatic nitrogens is 1. The number of nitrogens with two attached hydrogens (primary N) is 1. The fraction of sp³-hybridized carbons (Fsp3) is 0.389. The number of rotatable bonds is 7. The Labute approximate surface area is 178 Å². The van der Waals surface area contributed by atoms with Gasteiger partial charge in [0.15, 0.2) is 15.0 Å². The van der Waals surface area contributed by atoms with Gasteiger partial charge in [0, 0.05) is 6.26 Å². The third-order valence-corrected chi connectivity index (χ3v) is 7.05. The molecular formula is C18H22ClN3O5S2. The van der Waals surface area contributed by atoms with E-state index in [0.29, 0.717) is 16.1 Å². The fourth-order valence-corrected chi connectivity index (χ4v) is 4.95. The zero-order valence-corrected chi connectivity index (χ0v) is 18.7. The maximum Gasteiger partial charge on any atom is 0.303 e. The number of thiazole rings is 1. The normalized spacial score (nSPS) is 13.2. The molecule has 29 heavy (non-hydrogen) atoms. The second-order valence-corrected chi connectivity index (χ2v) is 10.8. The standard InChI is InChI=1S/C18H22ClN3O5S2/c1-9-14(10-5-6-11(19)12(7-10)29(4,26)27)28-17(21-9)22-16(25)15(20)18(2,3)8-13(23)24/h5-7,15H,8,20H2,1-4H3,(H,23,24)(H,21,22,25)/t15-/m1/s1. The molecule has 0 bridgehead atoms. The van der Waals surface area contributed by atoms with Crippen molar-refractivity contribution in [2.24, 2.45) is 11.1 Å². The number of aliphatic carboxylic acids is 1. The van der Waals surface area contributed by atoms with Crippen molar-refractivity contribution >= 4 is 49.8 Å². The zero-order chi connectivity index (χ0) is 22.1. The number of hydrogen-bond donors (Lipinski definition) is 3. The number of carbonyl (C=O) groups is 2. The second-order valence-electron chi connectivity index (χ2n) is 7.38. The summed E-state index contributed by atoms with van der Waals surface area (Å²) < 4.78 is 23.8. The first-order chi connectivity index (χ1) is 13.2. The molecule has 1 amide bonds.